The Morgan fingerprint density at radius 3 is 2.38 bits per heavy atom. The topological polar surface area (TPSA) is 92.4 Å². The van der Waals surface area contributed by atoms with Crippen LogP contribution in [0.25, 0.3) is 0 Å². The van der Waals surface area contributed by atoms with Crippen molar-refractivity contribution in [3.63, 3.8) is 0 Å². The largest absolute Gasteiger partial charge is 0.399 e. The van der Waals surface area contributed by atoms with E-state index in [-0.39, 0.29) is 33.5 Å². The molecule has 118 valence electrons. The third-order valence-electron chi connectivity index (χ3n) is 3.74. The first-order valence-electron chi connectivity index (χ1n) is 6.73. The van der Waals surface area contributed by atoms with Gasteiger partial charge in [0.05, 0.1) is 10.0 Å². The second kappa shape index (κ2) is 6.71. The van der Waals surface area contributed by atoms with Crippen LogP contribution in [0, 0.1) is 5.92 Å². The Labute approximate surface area is 134 Å². The number of nitrogen functional groups attached to an aromatic ring is 1. The van der Waals surface area contributed by atoms with Gasteiger partial charge in [-0.15, -0.1) is 0 Å². The Morgan fingerprint density at radius 2 is 1.81 bits per heavy atom. The highest BCUT2D eigenvalue weighted by atomic mass is 35.5. The van der Waals surface area contributed by atoms with Crippen LogP contribution in [0.5, 0.6) is 0 Å². The van der Waals surface area contributed by atoms with Gasteiger partial charge in [-0.1, -0.05) is 36.0 Å². The first-order valence-corrected chi connectivity index (χ1v) is 8.96. The first-order chi connectivity index (χ1) is 9.85. The van der Waals surface area contributed by atoms with Crippen molar-refractivity contribution in [3.05, 3.63) is 22.2 Å². The van der Waals surface area contributed by atoms with Crippen LogP contribution in [0.1, 0.15) is 25.7 Å². The van der Waals surface area contributed by atoms with Gasteiger partial charge < -0.3 is 10.8 Å². The lowest BCUT2D eigenvalue weighted by Crippen LogP contribution is -2.43. The zero-order valence-electron chi connectivity index (χ0n) is 11.4. The van der Waals surface area contributed by atoms with Crippen LogP contribution in [-0.4, -0.2) is 26.2 Å². The molecule has 2 unspecified atom stereocenters. The van der Waals surface area contributed by atoms with Crippen molar-refractivity contribution >= 4 is 38.9 Å². The molecule has 0 heterocycles. The molecule has 1 saturated carbocycles. The number of nitrogens with one attached hydrogen (secondary N) is 1. The Bertz CT molecular complexity index is 599. The molecule has 1 aliphatic rings. The maximum absolute atomic E-state index is 12.5. The van der Waals surface area contributed by atoms with Gasteiger partial charge in [-0.2, -0.15) is 0 Å². The molecule has 0 amide bonds. The Morgan fingerprint density at radius 1 is 1.24 bits per heavy atom. The summed E-state index contributed by atoms with van der Waals surface area (Å²) in [4.78, 5) is -0.165. The SMILES string of the molecule is Nc1cc(Cl)c(S(=O)(=O)NC2CCCCC2CO)c(Cl)c1. The summed E-state index contributed by atoms with van der Waals surface area (Å²) in [5, 5.41) is 9.35. The summed E-state index contributed by atoms with van der Waals surface area (Å²) in [5.41, 5.74) is 5.88. The number of aliphatic hydroxyl groups is 1. The molecule has 2 rings (SSSR count). The van der Waals surface area contributed by atoms with Gasteiger partial charge in [0, 0.05) is 18.3 Å². The molecule has 1 aliphatic carbocycles. The van der Waals surface area contributed by atoms with Crippen LogP contribution in [0.3, 0.4) is 0 Å². The smallest absolute Gasteiger partial charge is 0.243 e. The Balaban J connectivity index is 2.30. The van der Waals surface area contributed by atoms with Crippen molar-refractivity contribution in [2.75, 3.05) is 12.3 Å². The summed E-state index contributed by atoms with van der Waals surface area (Å²) in [6, 6.07) is 2.40. The minimum atomic E-state index is -3.86. The normalized spacial score (nSPS) is 23.2. The number of halogens is 2. The molecule has 0 aliphatic heterocycles. The van der Waals surface area contributed by atoms with Gasteiger partial charge in [0.2, 0.25) is 10.0 Å². The van der Waals surface area contributed by atoms with Crippen molar-refractivity contribution in [2.24, 2.45) is 5.92 Å². The molecule has 4 N–H and O–H groups in total. The van der Waals surface area contributed by atoms with E-state index in [4.69, 9.17) is 28.9 Å². The lowest BCUT2D eigenvalue weighted by molar-refractivity contribution is 0.164. The summed E-state index contributed by atoms with van der Waals surface area (Å²) < 4.78 is 27.6. The van der Waals surface area contributed by atoms with E-state index >= 15 is 0 Å². The van der Waals surface area contributed by atoms with Crippen molar-refractivity contribution in [1.29, 1.82) is 0 Å². The molecule has 0 radical (unpaired) electrons. The maximum Gasteiger partial charge on any atom is 0.243 e. The fraction of sp³-hybridized carbons (Fsp3) is 0.538. The van der Waals surface area contributed by atoms with Crippen LogP contribution >= 0.6 is 23.2 Å². The molecule has 1 aromatic rings. The molecule has 1 aromatic carbocycles. The highest BCUT2D eigenvalue weighted by Gasteiger charge is 2.31. The number of rotatable bonds is 4. The third-order valence-corrected chi connectivity index (χ3v) is 6.15. The molecule has 1 fully saturated rings. The van der Waals surface area contributed by atoms with Gasteiger partial charge in [-0.3, -0.25) is 0 Å². The molecule has 2 atom stereocenters. The average Bonchev–Trinajstić information content (AvgIpc) is 2.37. The summed E-state index contributed by atoms with van der Waals surface area (Å²) in [5.74, 6) is -0.0835. The third kappa shape index (κ3) is 3.81. The number of aliphatic hydroxyl groups excluding tert-OH is 1. The van der Waals surface area contributed by atoms with E-state index in [0.29, 0.717) is 12.1 Å². The van der Waals surface area contributed by atoms with E-state index in [1.807, 2.05) is 0 Å². The van der Waals surface area contributed by atoms with Crippen molar-refractivity contribution in [3.8, 4) is 0 Å². The van der Waals surface area contributed by atoms with E-state index in [1.165, 1.54) is 12.1 Å². The summed E-state index contributed by atoms with van der Waals surface area (Å²) >= 11 is 11.9. The monoisotopic (exact) mass is 352 g/mol. The van der Waals surface area contributed by atoms with Crippen LogP contribution < -0.4 is 10.5 Å². The first kappa shape index (κ1) is 16.8. The lowest BCUT2D eigenvalue weighted by atomic mass is 9.86. The van der Waals surface area contributed by atoms with Gasteiger partial charge in [-0.25, -0.2) is 13.1 Å². The molecule has 0 bridgehead atoms. The summed E-state index contributed by atoms with van der Waals surface area (Å²) in [7, 11) is -3.86. The summed E-state index contributed by atoms with van der Waals surface area (Å²) in [6.07, 6.45) is 3.40. The average molecular weight is 353 g/mol. The van der Waals surface area contributed by atoms with Gasteiger partial charge >= 0.3 is 0 Å². The van der Waals surface area contributed by atoms with Crippen LogP contribution in [0.15, 0.2) is 17.0 Å². The van der Waals surface area contributed by atoms with Gasteiger partial charge in [0.15, 0.2) is 0 Å². The van der Waals surface area contributed by atoms with Gasteiger partial charge in [0.25, 0.3) is 0 Å². The second-order valence-corrected chi connectivity index (χ2v) is 7.73. The standard InChI is InChI=1S/C13H18Cl2N2O3S/c14-10-5-9(16)6-11(15)13(10)21(19,20)17-12-4-2-1-3-8(12)7-18/h5-6,8,12,17-18H,1-4,7,16H2. The molecule has 8 heteroatoms. The molecular formula is C13H18Cl2N2O3S. The molecule has 0 aromatic heterocycles. The zero-order valence-corrected chi connectivity index (χ0v) is 13.7. The number of anilines is 1. The van der Waals surface area contributed by atoms with Crippen molar-refractivity contribution < 1.29 is 13.5 Å². The molecule has 0 saturated heterocycles. The highest BCUT2D eigenvalue weighted by Crippen LogP contribution is 2.33. The number of hydrogen-bond acceptors (Lipinski definition) is 4. The van der Waals surface area contributed by atoms with E-state index in [2.05, 4.69) is 4.72 Å². The fourth-order valence-corrected chi connectivity index (χ4v) is 5.25. The molecular weight excluding hydrogens is 335 g/mol. The minimum Gasteiger partial charge on any atom is -0.399 e. The van der Waals surface area contributed by atoms with Crippen LogP contribution in [0.2, 0.25) is 10.0 Å². The highest BCUT2D eigenvalue weighted by molar-refractivity contribution is 7.89. The molecule has 5 nitrogen and oxygen atoms in total. The van der Waals surface area contributed by atoms with Crippen LogP contribution in [-0.2, 0) is 10.0 Å². The van der Waals surface area contributed by atoms with Gasteiger partial charge in [-0.05, 0) is 30.9 Å². The lowest BCUT2D eigenvalue weighted by Gasteiger charge is -2.30. The molecule has 21 heavy (non-hydrogen) atoms. The number of benzene rings is 1. The predicted octanol–water partition coefficient (Wildman–Crippen LogP) is 2.41. The van der Waals surface area contributed by atoms with Gasteiger partial charge in [0.1, 0.15) is 4.90 Å². The number of nitrogens with two attached hydrogens (primary N) is 1. The maximum atomic E-state index is 12.5. The number of hydrogen-bond donors (Lipinski definition) is 3. The second-order valence-electron chi connectivity index (χ2n) is 5.27. The predicted molar refractivity (Wildman–Crippen MR) is 84.0 cm³/mol. The fourth-order valence-electron chi connectivity index (χ4n) is 2.68. The Kier molecular flexibility index (Phi) is 5.38. The Hall–Kier alpha value is -0.530. The van der Waals surface area contributed by atoms with Crippen molar-refractivity contribution in [1.82, 2.24) is 4.72 Å². The summed E-state index contributed by atoms with van der Waals surface area (Å²) in [6.45, 7) is -0.0452. The minimum absolute atomic E-state index is 0.0103. The van der Waals surface area contributed by atoms with E-state index in [9.17, 15) is 13.5 Å². The van der Waals surface area contributed by atoms with E-state index < -0.39 is 10.0 Å². The van der Waals surface area contributed by atoms with Crippen molar-refractivity contribution in [2.45, 2.75) is 36.6 Å². The van der Waals surface area contributed by atoms with E-state index in [1.54, 1.807) is 0 Å². The quantitative estimate of drug-likeness (QED) is 0.725. The number of sulfonamides is 1. The van der Waals surface area contributed by atoms with Crippen LogP contribution in [0.4, 0.5) is 5.69 Å². The zero-order chi connectivity index (χ0) is 15.6. The van der Waals surface area contributed by atoms with E-state index in [0.717, 1.165) is 19.3 Å². The molecule has 0 spiro atoms.